The lowest BCUT2D eigenvalue weighted by Crippen LogP contribution is -2.07. The fourth-order valence-electron chi connectivity index (χ4n) is 2.39. The van der Waals surface area contributed by atoms with Gasteiger partial charge in [0.05, 0.1) is 23.8 Å². The molecule has 0 amide bonds. The van der Waals surface area contributed by atoms with Gasteiger partial charge in [-0.05, 0) is 18.9 Å². The van der Waals surface area contributed by atoms with Gasteiger partial charge >= 0.3 is 0 Å². The van der Waals surface area contributed by atoms with Gasteiger partial charge in [0, 0.05) is 11.8 Å². The minimum absolute atomic E-state index is 0.329. The topological polar surface area (TPSA) is 82.5 Å². The summed E-state index contributed by atoms with van der Waals surface area (Å²) in [6, 6.07) is 3.82. The van der Waals surface area contributed by atoms with Crippen LogP contribution < -0.4 is 5.73 Å². The van der Waals surface area contributed by atoms with Gasteiger partial charge < -0.3 is 5.73 Å². The maximum atomic E-state index is 5.90. The highest BCUT2D eigenvalue weighted by Crippen LogP contribution is 2.23. The fraction of sp³-hybridized carbons (Fsp3) is 0.333. The lowest BCUT2D eigenvalue weighted by molar-refractivity contribution is 0.701. The van der Waals surface area contributed by atoms with Crippen LogP contribution in [0.4, 0.5) is 5.82 Å². The van der Waals surface area contributed by atoms with Crippen molar-refractivity contribution in [3.8, 4) is 0 Å². The van der Waals surface area contributed by atoms with Crippen molar-refractivity contribution in [1.29, 1.82) is 0 Å². The average Bonchev–Trinajstić information content (AvgIpc) is 2.83. The number of fused-ring (bicyclic) bond motifs is 1. The van der Waals surface area contributed by atoms with Gasteiger partial charge in [0.1, 0.15) is 11.6 Å². The summed E-state index contributed by atoms with van der Waals surface area (Å²) in [7, 11) is 0. The summed E-state index contributed by atoms with van der Waals surface area (Å²) in [6.07, 6.45) is 3.51. The first-order valence-electron chi connectivity index (χ1n) is 6.95. The first-order chi connectivity index (χ1) is 10.1. The second-order valence-corrected chi connectivity index (χ2v) is 5.40. The number of pyridine rings is 1. The maximum Gasteiger partial charge on any atom is 0.162 e. The van der Waals surface area contributed by atoms with E-state index in [0.29, 0.717) is 18.3 Å². The Balaban J connectivity index is 2.10. The molecule has 0 saturated carbocycles. The molecule has 3 heterocycles. The third kappa shape index (κ3) is 2.44. The summed E-state index contributed by atoms with van der Waals surface area (Å²) in [6.45, 7) is 6.70. The predicted octanol–water partition coefficient (Wildman–Crippen LogP) is 2.28. The molecule has 0 unspecified atom stereocenters. The molecule has 3 aromatic rings. The molecule has 0 saturated heterocycles. The van der Waals surface area contributed by atoms with Crippen LogP contribution in [0.2, 0.25) is 0 Å². The monoisotopic (exact) mass is 282 g/mol. The van der Waals surface area contributed by atoms with Crippen molar-refractivity contribution in [1.82, 2.24) is 24.7 Å². The van der Waals surface area contributed by atoms with E-state index in [1.54, 1.807) is 6.20 Å². The molecule has 2 N–H and O–H groups in total. The first-order valence-corrected chi connectivity index (χ1v) is 6.95. The normalized spacial score (nSPS) is 11.4. The highest BCUT2D eigenvalue weighted by atomic mass is 15.3. The van der Waals surface area contributed by atoms with Gasteiger partial charge in [-0.3, -0.25) is 0 Å². The van der Waals surface area contributed by atoms with Crippen molar-refractivity contribution in [2.45, 2.75) is 33.2 Å². The van der Waals surface area contributed by atoms with Crippen LogP contribution in [-0.4, -0.2) is 24.7 Å². The molecule has 0 radical (unpaired) electrons. The largest absolute Gasteiger partial charge is 0.383 e. The summed E-state index contributed by atoms with van der Waals surface area (Å²) >= 11 is 0. The molecule has 108 valence electrons. The van der Waals surface area contributed by atoms with Crippen LogP contribution in [0.1, 0.15) is 36.8 Å². The highest BCUT2D eigenvalue weighted by Gasteiger charge is 2.14. The fourth-order valence-corrected chi connectivity index (χ4v) is 2.39. The molecule has 0 fully saturated rings. The molecule has 3 rings (SSSR count). The van der Waals surface area contributed by atoms with Crippen molar-refractivity contribution in [2.75, 3.05) is 5.73 Å². The molecule has 3 aromatic heterocycles. The van der Waals surface area contributed by atoms with Crippen LogP contribution in [0.3, 0.4) is 0 Å². The quantitative estimate of drug-likeness (QED) is 0.797. The van der Waals surface area contributed by atoms with Crippen molar-refractivity contribution in [2.24, 2.45) is 0 Å². The molecule has 0 aliphatic rings. The van der Waals surface area contributed by atoms with Gasteiger partial charge in [-0.1, -0.05) is 19.9 Å². The van der Waals surface area contributed by atoms with Crippen LogP contribution in [0.25, 0.3) is 11.0 Å². The Morgan fingerprint density at radius 2 is 2.10 bits per heavy atom. The number of rotatable bonds is 3. The Kier molecular flexibility index (Phi) is 3.29. The maximum absolute atomic E-state index is 5.90. The van der Waals surface area contributed by atoms with Crippen LogP contribution in [0.5, 0.6) is 0 Å². The second kappa shape index (κ2) is 5.12. The Morgan fingerprint density at radius 1 is 1.29 bits per heavy atom. The van der Waals surface area contributed by atoms with E-state index in [4.69, 9.17) is 5.73 Å². The van der Waals surface area contributed by atoms with Gasteiger partial charge in [0.15, 0.2) is 5.65 Å². The third-order valence-electron chi connectivity index (χ3n) is 3.43. The third-order valence-corrected chi connectivity index (χ3v) is 3.43. The van der Waals surface area contributed by atoms with Gasteiger partial charge in [0.25, 0.3) is 0 Å². The lowest BCUT2D eigenvalue weighted by atomic mass is 10.1. The van der Waals surface area contributed by atoms with Crippen LogP contribution in [0, 0.1) is 6.92 Å². The van der Waals surface area contributed by atoms with Gasteiger partial charge in [-0.25, -0.2) is 19.6 Å². The Morgan fingerprint density at radius 3 is 2.81 bits per heavy atom. The van der Waals surface area contributed by atoms with E-state index in [0.717, 1.165) is 28.1 Å². The second-order valence-electron chi connectivity index (χ2n) is 5.40. The average molecular weight is 282 g/mol. The molecule has 0 atom stereocenters. The number of anilines is 1. The van der Waals surface area contributed by atoms with E-state index < -0.39 is 0 Å². The zero-order chi connectivity index (χ0) is 15.0. The molecular formula is C15H18N6. The zero-order valence-corrected chi connectivity index (χ0v) is 12.4. The molecule has 0 bridgehead atoms. The summed E-state index contributed by atoms with van der Waals surface area (Å²) in [5.41, 5.74) is 8.71. The van der Waals surface area contributed by atoms with Gasteiger partial charge in [-0.2, -0.15) is 5.10 Å². The molecular weight excluding hydrogens is 264 g/mol. The van der Waals surface area contributed by atoms with E-state index in [2.05, 4.69) is 33.9 Å². The molecule has 0 spiro atoms. The smallest absolute Gasteiger partial charge is 0.162 e. The lowest BCUT2D eigenvalue weighted by Gasteiger charge is -2.09. The highest BCUT2D eigenvalue weighted by molar-refractivity contribution is 5.77. The van der Waals surface area contributed by atoms with E-state index in [1.165, 1.54) is 0 Å². The first kappa shape index (κ1) is 13.5. The Labute approximate surface area is 123 Å². The van der Waals surface area contributed by atoms with Crippen LogP contribution in [-0.2, 0) is 6.54 Å². The van der Waals surface area contributed by atoms with Crippen LogP contribution in [0.15, 0.2) is 24.5 Å². The SMILES string of the molecule is Cc1nc(C(C)C)c2cnn(Cc3cccnc3N)c2n1. The zero-order valence-electron chi connectivity index (χ0n) is 12.4. The molecule has 6 heteroatoms. The molecule has 0 aliphatic carbocycles. The predicted molar refractivity (Wildman–Crippen MR) is 81.9 cm³/mol. The van der Waals surface area contributed by atoms with Crippen molar-refractivity contribution in [3.05, 3.63) is 41.6 Å². The number of nitrogen functional groups attached to an aromatic ring is 1. The number of aromatic nitrogens is 5. The number of aryl methyl sites for hydroxylation is 1. The Hall–Kier alpha value is -2.50. The molecule has 21 heavy (non-hydrogen) atoms. The Bertz CT molecular complexity index is 790. The van der Waals surface area contributed by atoms with E-state index in [1.807, 2.05) is 29.9 Å². The van der Waals surface area contributed by atoms with Crippen molar-refractivity contribution >= 4 is 16.9 Å². The summed E-state index contributed by atoms with van der Waals surface area (Å²) < 4.78 is 1.85. The molecule has 0 aromatic carbocycles. The molecule has 6 nitrogen and oxygen atoms in total. The standard InChI is InChI=1S/C15H18N6/c1-9(2)13-12-7-18-21(15(12)20-10(3)19-13)8-11-5-4-6-17-14(11)16/h4-7,9H,8H2,1-3H3,(H2,16,17). The van der Waals surface area contributed by atoms with Gasteiger partial charge in [-0.15, -0.1) is 0 Å². The van der Waals surface area contributed by atoms with Crippen molar-refractivity contribution in [3.63, 3.8) is 0 Å². The van der Waals surface area contributed by atoms with Crippen molar-refractivity contribution < 1.29 is 0 Å². The number of nitrogens with zero attached hydrogens (tertiary/aromatic N) is 5. The molecule has 0 aliphatic heterocycles. The minimum Gasteiger partial charge on any atom is -0.383 e. The summed E-state index contributed by atoms with van der Waals surface area (Å²) in [5, 5.41) is 5.44. The number of nitrogens with two attached hydrogens (primary N) is 1. The van der Waals surface area contributed by atoms with Gasteiger partial charge in [0.2, 0.25) is 0 Å². The van der Waals surface area contributed by atoms with E-state index in [9.17, 15) is 0 Å². The number of hydrogen-bond donors (Lipinski definition) is 1. The van der Waals surface area contributed by atoms with E-state index >= 15 is 0 Å². The summed E-state index contributed by atoms with van der Waals surface area (Å²) in [4.78, 5) is 13.2. The minimum atomic E-state index is 0.329. The summed E-state index contributed by atoms with van der Waals surface area (Å²) in [5.74, 6) is 1.61. The number of hydrogen-bond acceptors (Lipinski definition) is 5. The van der Waals surface area contributed by atoms with E-state index in [-0.39, 0.29) is 0 Å². The van der Waals surface area contributed by atoms with Crippen LogP contribution >= 0.6 is 0 Å².